The van der Waals surface area contributed by atoms with Crippen molar-refractivity contribution in [3.63, 3.8) is 0 Å². The highest BCUT2D eigenvalue weighted by Crippen LogP contribution is 2.37. The summed E-state index contributed by atoms with van der Waals surface area (Å²) >= 11 is 5.48. The van der Waals surface area contributed by atoms with E-state index in [1.165, 1.54) is 0 Å². The van der Waals surface area contributed by atoms with Crippen molar-refractivity contribution >= 4 is 23.5 Å². The average Bonchev–Trinajstić information content (AvgIpc) is 2.52. The smallest absolute Gasteiger partial charge is 0.410 e. The predicted octanol–water partition coefficient (Wildman–Crippen LogP) is 4.25. The van der Waals surface area contributed by atoms with Crippen LogP contribution in [-0.4, -0.2) is 36.8 Å². The fourth-order valence-corrected chi connectivity index (χ4v) is 2.57. The largest absolute Gasteiger partial charge is 0.492 e. The zero-order chi connectivity index (χ0) is 17.0. The van der Waals surface area contributed by atoms with Crippen LogP contribution >= 0.6 is 11.9 Å². The first-order chi connectivity index (χ1) is 10.9. The maximum absolute atomic E-state index is 12.1. The zero-order valence-corrected chi connectivity index (χ0v) is 14.6. The maximum Gasteiger partial charge on any atom is 0.410 e. The molecule has 0 aliphatic carbocycles. The highest BCUT2D eigenvalue weighted by molar-refractivity contribution is 6.09. The zero-order valence-electron chi connectivity index (χ0n) is 13.9. The molecule has 0 aromatic heterocycles. The molecule has 1 aliphatic rings. The Morgan fingerprint density at radius 2 is 2.04 bits per heavy atom. The number of para-hydroxylation sites is 1. The third-order valence-corrected chi connectivity index (χ3v) is 3.64. The van der Waals surface area contributed by atoms with E-state index in [1.54, 1.807) is 18.1 Å². The van der Waals surface area contributed by atoms with Crippen LogP contribution in [0.25, 0.3) is 5.57 Å². The van der Waals surface area contributed by atoms with E-state index in [0.29, 0.717) is 31.0 Å². The summed E-state index contributed by atoms with van der Waals surface area (Å²) in [5.41, 5.74) is 1.53. The number of carbonyl (C=O) groups excluding carboxylic acids is 1. The SMILES string of the molecule is COc1c(OCl)cccc1C1=CCN(C(=O)OC(C)(C)C)CC1. The lowest BCUT2D eigenvalue weighted by atomic mass is 9.98. The number of hydrogen-bond donors (Lipinski definition) is 0. The quantitative estimate of drug-likeness (QED) is 0.825. The molecule has 1 aliphatic heterocycles. The molecule has 6 heteroatoms. The molecule has 0 spiro atoms. The van der Waals surface area contributed by atoms with Crippen LogP contribution < -0.4 is 9.03 Å². The summed E-state index contributed by atoms with van der Waals surface area (Å²) in [5.74, 6) is 1.07. The molecule has 1 amide bonds. The lowest BCUT2D eigenvalue weighted by molar-refractivity contribution is 0.0270. The van der Waals surface area contributed by atoms with Gasteiger partial charge in [0.25, 0.3) is 0 Å². The summed E-state index contributed by atoms with van der Waals surface area (Å²) in [6.45, 7) is 6.67. The van der Waals surface area contributed by atoms with Crippen molar-refractivity contribution in [1.29, 1.82) is 0 Å². The minimum absolute atomic E-state index is 0.294. The summed E-state index contributed by atoms with van der Waals surface area (Å²) in [6.07, 6.45) is 2.42. The first-order valence-electron chi connectivity index (χ1n) is 7.48. The van der Waals surface area contributed by atoms with E-state index in [9.17, 15) is 4.79 Å². The van der Waals surface area contributed by atoms with Crippen LogP contribution in [-0.2, 0) is 4.74 Å². The first-order valence-corrected chi connectivity index (χ1v) is 7.79. The Balaban J connectivity index is 2.15. The topological polar surface area (TPSA) is 48.0 Å². The van der Waals surface area contributed by atoms with Gasteiger partial charge in [0, 0.05) is 18.7 Å². The van der Waals surface area contributed by atoms with Gasteiger partial charge in [-0.05, 0) is 38.8 Å². The fraction of sp³-hybridized carbons (Fsp3) is 0.471. The van der Waals surface area contributed by atoms with Crippen molar-refractivity contribution in [3.05, 3.63) is 29.8 Å². The van der Waals surface area contributed by atoms with Crippen molar-refractivity contribution in [2.75, 3.05) is 20.2 Å². The second-order valence-electron chi connectivity index (χ2n) is 6.32. The molecule has 2 rings (SSSR count). The Hall–Kier alpha value is -1.88. The molecule has 1 heterocycles. The number of nitrogens with zero attached hydrogens (tertiary/aromatic N) is 1. The van der Waals surface area contributed by atoms with Crippen LogP contribution in [0.3, 0.4) is 0 Å². The van der Waals surface area contributed by atoms with Crippen LogP contribution in [0, 0.1) is 0 Å². The molecule has 5 nitrogen and oxygen atoms in total. The summed E-state index contributed by atoms with van der Waals surface area (Å²) in [4.78, 5) is 13.8. The highest BCUT2D eigenvalue weighted by Gasteiger charge is 2.25. The predicted molar refractivity (Wildman–Crippen MR) is 89.9 cm³/mol. The summed E-state index contributed by atoms with van der Waals surface area (Å²) in [5, 5.41) is 0. The van der Waals surface area contributed by atoms with Crippen molar-refractivity contribution in [1.82, 2.24) is 4.90 Å². The second-order valence-corrected chi connectivity index (χ2v) is 6.47. The Morgan fingerprint density at radius 3 is 2.57 bits per heavy atom. The van der Waals surface area contributed by atoms with Crippen LogP contribution in [0.1, 0.15) is 32.8 Å². The molecule has 0 N–H and O–H groups in total. The third kappa shape index (κ3) is 4.32. The number of ether oxygens (including phenoxy) is 2. The van der Waals surface area contributed by atoms with Gasteiger partial charge in [-0.1, -0.05) is 18.2 Å². The molecule has 0 fully saturated rings. The molecule has 1 aromatic carbocycles. The van der Waals surface area contributed by atoms with Gasteiger partial charge in [-0.3, -0.25) is 0 Å². The van der Waals surface area contributed by atoms with Crippen molar-refractivity contribution in [3.8, 4) is 11.5 Å². The maximum atomic E-state index is 12.1. The Bertz CT molecular complexity index is 607. The van der Waals surface area contributed by atoms with Crippen molar-refractivity contribution < 1.29 is 18.6 Å². The van der Waals surface area contributed by atoms with E-state index in [2.05, 4.69) is 0 Å². The molecule has 1 aromatic rings. The molecular formula is C17H22ClNO4. The molecule has 126 valence electrons. The van der Waals surface area contributed by atoms with E-state index >= 15 is 0 Å². The summed E-state index contributed by atoms with van der Waals surface area (Å²) < 4.78 is 15.6. The van der Waals surface area contributed by atoms with Gasteiger partial charge in [0.1, 0.15) is 17.5 Å². The van der Waals surface area contributed by atoms with Gasteiger partial charge < -0.3 is 18.7 Å². The van der Waals surface area contributed by atoms with Crippen molar-refractivity contribution in [2.45, 2.75) is 32.8 Å². The second kappa shape index (κ2) is 7.13. The van der Waals surface area contributed by atoms with E-state index in [1.807, 2.05) is 39.0 Å². The molecule has 0 saturated heterocycles. The van der Waals surface area contributed by atoms with E-state index in [4.69, 9.17) is 25.6 Å². The molecule has 0 radical (unpaired) electrons. The number of amides is 1. The molecule has 0 atom stereocenters. The molecule has 0 unspecified atom stereocenters. The monoisotopic (exact) mass is 339 g/mol. The first kappa shape index (κ1) is 17.5. The molecular weight excluding hydrogens is 318 g/mol. The van der Waals surface area contributed by atoms with Gasteiger partial charge in [0.2, 0.25) is 0 Å². The molecule has 0 bridgehead atoms. The number of carbonyl (C=O) groups is 1. The van der Waals surface area contributed by atoms with Gasteiger partial charge in [-0.25, -0.2) is 4.79 Å². The Labute approximate surface area is 141 Å². The minimum Gasteiger partial charge on any atom is -0.492 e. The lowest BCUT2D eigenvalue weighted by Gasteiger charge is -2.30. The number of benzene rings is 1. The fourth-order valence-electron chi connectivity index (χ4n) is 2.45. The van der Waals surface area contributed by atoms with Gasteiger partial charge >= 0.3 is 6.09 Å². The lowest BCUT2D eigenvalue weighted by Crippen LogP contribution is -2.39. The normalized spacial score (nSPS) is 15.0. The highest BCUT2D eigenvalue weighted by atomic mass is 35.5. The molecule has 23 heavy (non-hydrogen) atoms. The Kier molecular flexibility index (Phi) is 5.42. The van der Waals surface area contributed by atoms with Gasteiger partial charge in [-0.2, -0.15) is 0 Å². The van der Waals surface area contributed by atoms with E-state index in [-0.39, 0.29) is 6.09 Å². The summed E-state index contributed by atoms with van der Waals surface area (Å²) in [7, 11) is 1.58. The van der Waals surface area contributed by atoms with Gasteiger partial charge in [-0.15, -0.1) is 0 Å². The number of methoxy groups -OCH3 is 1. The van der Waals surface area contributed by atoms with Gasteiger partial charge in [0.15, 0.2) is 11.5 Å². The van der Waals surface area contributed by atoms with Crippen molar-refractivity contribution in [2.24, 2.45) is 0 Å². The van der Waals surface area contributed by atoms with E-state index in [0.717, 1.165) is 11.1 Å². The third-order valence-electron chi connectivity index (χ3n) is 3.47. The standard InChI is InChI=1S/C17H22ClNO4/c1-17(2,3)22-16(20)19-10-8-12(9-11-19)13-6-5-7-14(23-18)15(13)21-4/h5-8H,9-11H2,1-4H3. The summed E-state index contributed by atoms with van der Waals surface area (Å²) in [6, 6.07) is 5.55. The number of halogens is 1. The number of hydrogen-bond acceptors (Lipinski definition) is 4. The van der Waals surface area contributed by atoms with Crippen LogP contribution in [0.4, 0.5) is 4.79 Å². The van der Waals surface area contributed by atoms with Crippen LogP contribution in [0.15, 0.2) is 24.3 Å². The number of rotatable bonds is 3. The van der Waals surface area contributed by atoms with E-state index < -0.39 is 5.60 Å². The van der Waals surface area contributed by atoms with Gasteiger partial charge in [0.05, 0.1) is 7.11 Å². The van der Waals surface area contributed by atoms with Crippen LogP contribution in [0.2, 0.25) is 0 Å². The minimum atomic E-state index is -0.490. The average molecular weight is 340 g/mol. The molecule has 0 saturated carbocycles. The van der Waals surface area contributed by atoms with Crippen LogP contribution in [0.5, 0.6) is 11.5 Å². The Morgan fingerprint density at radius 1 is 1.30 bits per heavy atom.